The fourth-order valence-corrected chi connectivity index (χ4v) is 2.82. The summed E-state index contributed by atoms with van der Waals surface area (Å²) >= 11 is 6.43. The molecule has 0 atom stereocenters. The molecule has 24 heavy (non-hydrogen) atoms. The number of carbonyl (C=O) groups excluding carboxylic acids is 1. The highest BCUT2D eigenvalue weighted by Gasteiger charge is 2.19. The van der Waals surface area contributed by atoms with Crippen LogP contribution in [-0.2, 0) is 0 Å². The summed E-state index contributed by atoms with van der Waals surface area (Å²) in [6, 6.07) is 5.93. The van der Waals surface area contributed by atoms with Crippen molar-refractivity contribution in [2.24, 2.45) is 0 Å². The number of aryl methyl sites for hydroxylation is 1. The van der Waals surface area contributed by atoms with Gasteiger partial charge in [-0.1, -0.05) is 18.5 Å². The van der Waals surface area contributed by atoms with Gasteiger partial charge in [-0.05, 0) is 37.6 Å². The molecule has 0 saturated carbocycles. The van der Waals surface area contributed by atoms with E-state index in [1.54, 1.807) is 23.7 Å². The van der Waals surface area contributed by atoms with Crippen molar-refractivity contribution in [3.05, 3.63) is 52.6 Å². The molecule has 124 valence electrons. The standard InChI is InChI=1S/C17H16ClFN4O/c1-3-8-20-17(24)13-9-21-16-14(15(13)18)10(2)22-23(16)12-6-4-11(19)5-7-12/h4-7,9H,3,8H2,1-2H3,(H,20,24). The highest BCUT2D eigenvalue weighted by atomic mass is 35.5. The molecule has 5 nitrogen and oxygen atoms in total. The summed E-state index contributed by atoms with van der Waals surface area (Å²) in [5.41, 5.74) is 2.16. The molecule has 0 unspecified atom stereocenters. The van der Waals surface area contributed by atoms with Crippen molar-refractivity contribution in [2.75, 3.05) is 6.54 Å². The molecule has 0 fully saturated rings. The Morgan fingerprint density at radius 3 is 2.71 bits per heavy atom. The first-order valence-electron chi connectivity index (χ1n) is 7.61. The minimum atomic E-state index is -0.326. The molecule has 2 heterocycles. The van der Waals surface area contributed by atoms with Crippen LogP contribution < -0.4 is 5.32 Å². The van der Waals surface area contributed by atoms with Crippen molar-refractivity contribution in [2.45, 2.75) is 20.3 Å². The first-order chi connectivity index (χ1) is 11.5. The zero-order chi connectivity index (χ0) is 17.3. The Morgan fingerprint density at radius 2 is 2.04 bits per heavy atom. The summed E-state index contributed by atoms with van der Waals surface area (Å²) in [5.74, 6) is -0.585. The van der Waals surface area contributed by atoms with Crippen molar-refractivity contribution in [1.29, 1.82) is 0 Å². The number of benzene rings is 1. The summed E-state index contributed by atoms with van der Waals surface area (Å²) in [6.07, 6.45) is 2.28. The van der Waals surface area contributed by atoms with Gasteiger partial charge in [0.1, 0.15) is 5.82 Å². The number of hydrogen-bond donors (Lipinski definition) is 1. The lowest BCUT2D eigenvalue weighted by atomic mass is 10.2. The van der Waals surface area contributed by atoms with E-state index in [4.69, 9.17) is 11.6 Å². The quantitative estimate of drug-likeness (QED) is 0.784. The number of halogens is 2. The minimum Gasteiger partial charge on any atom is -0.352 e. The van der Waals surface area contributed by atoms with E-state index in [-0.39, 0.29) is 11.7 Å². The molecular weight excluding hydrogens is 331 g/mol. The van der Waals surface area contributed by atoms with Crippen LogP contribution in [0.2, 0.25) is 5.02 Å². The van der Waals surface area contributed by atoms with Crippen LogP contribution in [0, 0.1) is 12.7 Å². The molecule has 0 saturated heterocycles. The van der Waals surface area contributed by atoms with E-state index in [9.17, 15) is 9.18 Å². The van der Waals surface area contributed by atoms with Gasteiger partial charge in [0.2, 0.25) is 0 Å². The molecule has 0 aliphatic heterocycles. The SMILES string of the molecule is CCCNC(=O)c1cnc2c(c(C)nn2-c2ccc(F)cc2)c1Cl. The molecular formula is C17H16ClFN4O. The maximum Gasteiger partial charge on any atom is 0.254 e. The Labute approximate surface area is 143 Å². The molecule has 0 bridgehead atoms. The molecule has 3 rings (SSSR count). The molecule has 1 N–H and O–H groups in total. The average Bonchev–Trinajstić information content (AvgIpc) is 2.91. The van der Waals surface area contributed by atoms with Gasteiger partial charge in [-0.25, -0.2) is 14.1 Å². The highest BCUT2D eigenvalue weighted by molar-refractivity contribution is 6.38. The predicted molar refractivity (Wildman–Crippen MR) is 91.2 cm³/mol. The topological polar surface area (TPSA) is 59.8 Å². The summed E-state index contributed by atoms with van der Waals surface area (Å²) in [7, 11) is 0. The van der Waals surface area contributed by atoms with E-state index in [0.29, 0.717) is 39.5 Å². The average molecular weight is 347 g/mol. The number of hydrogen-bond acceptors (Lipinski definition) is 3. The molecule has 1 aromatic carbocycles. The Bertz CT molecular complexity index is 905. The zero-order valence-corrected chi connectivity index (χ0v) is 14.1. The number of fused-ring (bicyclic) bond motifs is 1. The van der Waals surface area contributed by atoms with Crippen molar-refractivity contribution in [3.63, 3.8) is 0 Å². The van der Waals surface area contributed by atoms with Gasteiger partial charge in [0, 0.05) is 12.7 Å². The number of rotatable bonds is 4. The molecule has 7 heteroatoms. The van der Waals surface area contributed by atoms with Gasteiger partial charge in [0.25, 0.3) is 5.91 Å². The van der Waals surface area contributed by atoms with Gasteiger partial charge in [0.15, 0.2) is 5.65 Å². The van der Waals surface area contributed by atoms with Crippen LogP contribution in [0.4, 0.5) is 4.39 Å². The smallest absolute Gasteiger partial charge is 0.254 e. The fraction of sp³-hybridized carbons (Fsp3) is 0.235. The van der Waals surface area contributed by atoms with Crippen molar-refractivity contribution < 1.29 is 9.18 Å². The lowest BCUT2D eigenvalue weighted by Crippen LogP contribution is -2.24. The second-order valence-electron chi connectivity index (χ2n) is 5.41. The van der Waals surface area contributed by atoms with Gasteiger partial charge in [-0.2, -0.15) is 5.10 Å². The summed E-state index contributed by atoms with van der Waals surface area (Å²) in [6.45, 7) is 4.34. The highest BCUT2D eigenvalue weighted by Crippen LogP contribution is 2.29. The van der Waals surface area contributed by atoms with E-state index >= 15 is 0 Å². The van der Waals surface area contributed by atoms with Crippen LogP contribution in [0.5, 0.6) is 0 Å². The Balaban J connectivity index is 2.12. The molecule has 3 aromatic rings. The lowest BCUT2D eigenvalue weighted by Gasteiger charge is -2.07. The molecule has 0 spiro atoms. The van der Waals surface area contributed by atoms with E-state index in [2.05, 4.69) is 15.4 Å². The van der Waals surface area contributed by atoms with E-state index in [0.717, 1.165) is 6.42 Å². The number of nitrogens with one attached hydrogen (secondary N) is 1. The minimum absolute atomic E-state index is 0.259. The number of pyridine rings is 1. The Morgan fingerprint density at radius 1 is 1.33 bits per heavy atom. The molecule has 1 amide bonds. The van der Waals surface area contributed by atoms with Crippen LogP contribution >= 0.6 is 11.6 Å². The van der Waals surface area contributed by atoms with Gasteiger partial charge < -0.3 is 5.32 Å². The molecule has 0 aliphatic rings. The maximum absolute atomic E-state index is 13.1. The van der Waals surface area contributed by atoms with Crippen LogP contribution in [0.3, 0.4) is 0 Å². The van der Waals surface area contributed by atoms with Gasteiger partial charge >= 0.3 is 0 Å². The zero-order valence-electron chi connectivity index (χ0n) is 13.3. The van der Waals surface area contributed by atoms with E-state index in [1.165, 1.54) is 18.3 Å². The first-order valence-corrected chi connectivity index (χ1v) is 7.98. The van der Waals surface area contributed by atoms with Crippen LogP contribution in [0.1, 0.15) is 29.4 Å². The van der Waals surface area contributed by atoms with Crippen molar-refractivity contribution in [3.8, 4) is 5.69 Å². The van der Waals surface area contributed by atoms with Crippen molar-refractivity contribution >= 4 is 28.5 Å². The van der Waals surface area contributed by atoms with E-state index < -0.39 is 0 Å². The normalized spacial score (nSPS) is 11.0. The van der Waals surface area contributed by atoms with Gasteiger partial charge in [-0.3, -0.25) is 4.79 Å². The largest absolute Gasteiger partial charge is 0.352 e. The van der Waals surface area contributed by atoms with Gasteiger partial charge in [0.05, 0.1) is 27.4 Å². The summed E-state index contributed by atoms with van der Waals surface area (Å²) < 4.78 is 14.7. The summed E-state index contributed by atoms with van der Waals surface area (Å²) in [5, 5.41) is 8.15. The Hall–Kier alpha value is -2.47. The molecule has 0 radical (unpaired) electrons. The summed E-state index contributed by atoms with van der Waals surface area (Å²) in [4.78, 5) is 16.5. The van der Waals surface area contributed by atoms with Crippen LogP contribution in [0.25, 0.3) is 16.7 Å². The maximum atomic E-state index is 13.1. The molecule has 2 aromatic heterocycles. The van der Waals surface area contributed by atoms with E-state index in [1.807, 2.05) is 6.92 Å². The third-order valence-corrected chi connectivity index (χ3v) is 4.05. The van der Waals surface area contributed by atoms with Crippen molar-refractivity contribution in [1.82, 2.24) is 20.1 Å². The van der Waals surface area contributed by atoms with Crippen LogP contribution in [0.15, 0.2) is 30.5 Å². The second-order valence-corrected chi connectivity index (χ2v) is 5.79. The molecule has 0 aliphatic carbocycles. The third kappa shape index (κ3) is 2.85. The lowest BCUT2D eigenvalue weighted by molar-refractivity contribution is 0.0953. The predicted octanol–water partition coefficient (Wildman–Crippen LogP) is 3.66. The van der Waals surface area contributed by atoms with Crippen LogP contribution in [-0.4, -0.2) is 27.2 Å². The first kappa shape index (κ1) is 16.4. The van der Waals surface area contributed by atoms with Gasteiger partial charge in [-0.15, -0.1) is 0 Å². The second kappa shape index (κ2) is 6.57. The number of carbonyl (C=O) groups is 1. The Kier molecular flexibility index (Phi) is 4.49. The number of amides is 1. The number of nitrogens with zero attached hydrogens (tertiary/aromatic N) is 3. The monoisotopic (exact) mass is 346 g/mol. The third-order valence-electron chi connectivity index (χ3n) is 3.66. The fourth-order valence-electron chi connectivity index (χ4n) is 2.46. The number of aromatic nitrogens is 3.